The maximum Gasteiger partial charge on any atom is 0.236 e. The third-order valence-electron chi connectivity index (χ3n) is 1.94. The number of hydrogen-bond acceptors (Lipinski definition) is 3. The highest BCUT2D eigenvalue weighted by Gasteiger charge is 2.10. The summed E-state index contributed by atoms with van der Waals surface area (Å²) in [6, 6.07) is 1.70. The maximum atomic E-state index is 11.3. The topological polar surface area (TPSA) is 54.3 Å². The molecule has 0 saturated heterocycles. The highest BCUT2D eigenvalue weighted by Crippen LogP contribution is 1.99. The summed E-state index contributed by atoms with van der Waals surface area (Å²) in [6.07, 6.45) is 3.28. The molecule has 0 aliphatic carbocycles. The molecule has 0 aromatic carbocycles. The van der Waals surface area contributed by atoms with Crippen molar-refractivity contribution in [1.29, 1.82) is 0 Å². The summed E-state index contributed by atoms with van der Waals surface area (Å²) in [5, 5.41) is 5.85. The summed E-state index contributed by atoms with van der Waals surface area (Å²) in [5.74, 6) is 0.0241. The van der Waals surface area contributed by atoms with E-state index >= 15 is 0 Å². The second-order valence-electron chi connectivity index (χ2n) is 3.13. The van der Waals surface area contributed by atoms with E-state index in [2.05, 4.69) is 10.6 Å². The standard InChI is InChI=1S/C10H16N2O2/c1-3-11-10(13)8(2)12-6-9-4-5-14-7-9/h4-5,7-8,12H,3,6H2,1-2H3,(H,11,13). The molecule has 4 nitrogen and oxygen atoms in total. The molecule has 78 valence electrons. The molecule has 0 bridgehead atoms. The van der Waals surface area contributed by atoms with Crippen molar-refractivity contribution >= 4 is 5.91 Å². The molecule has 1 aromatic rings. The fourth-order valence-electron chi connectivity index (χ4n) is 1.08. The number of likely N-dealkylation sites (N-methyl/N-ethyl adjacent to an activating group) is 1. The lowest BCUT2D eigenvalue weighted by atomic mass is 10.2. The van der Waals surface area contributed by atoms with Gasteiger partial charge in [-0.3, -0.25) is 4.79 Å². The number of rotatable bonds is 5. The lowest BCUT2D eigenvalue weighted by Gasteiger charge is -2.11. The Hall–Kier alpha value is -1.29. The van der Waals surface area contributed by atoms with Crippen molar-refractivity contribution < 1.29 is 9.21 Å². The van der Waals surface area contributed by atoms with Gasteiger partial charge in [-0.15, -0.1) is 0 Å². The fourth-order valence-corrected chi connectivity index (χ4v) is 1.08. The molecule has 0 fully saturated rings. The Morgan fingerprint density at radius 2 is 2.43 bits per heavy atom. The van der Waals surface area contributed by atoms with Gasteiger partial charge in [0.25, 0.3) is 0 Å². The fraction of sp³-hybridized carbons (Fsp3) is 0.500. The first-order valence-electron chi connectivity index (χ1n) is 4.76. The Kier molecular flexibility index (Phi) is 4.19. The van der Waals surface area contributed by atoms with Gasteiger partial charge in [0.15, 0.2) is 0 Å². The number of furan rings is 1. The second-order valence-corrected chi connectivity index (χ2v) is 3.13. The number of amides is 1. The van der Waals surface area contributed by atoms with Gasteiger partial charge >= 0.3 is 0 Å². The van der Waals surface area contributed by atoms with Crippen LogP contribution < -0.4 is 10.6 Å². The molecular formula is C10H16N2O2. The third kappa shape index (κ3) is 3.22. The Morgan fingerprint density at radius 1 is 1.64 bits per heavy atom. The molecule has 1 amide bonds. The predicted molar refractivity (Wildman–Crippen MR) is 53.7 cm³/mol. The monoisotopic (exact) mass is 196 g/mol. The number of carbonyl (C=O) groups is 1. The normalized spacial score (nSPS) is 12.4. The molecule has 0 aliphatic rings. The van der Waals surface area contributed by atoms with Gasteiger partial charge < -0.3 is 15.1 Å². The van der Waals surface area contributed by atoms with E-state index in [0.717, 1.165) is 5.56 Å². The molecule has 0 saturated carbocycles. The van der Waals surface area contributed by atoms with E-state index in [4.69, 9.17) is 4.42 Å². The van der Waals surface area contributed by atoms with E-state index in [1.165, 1.54) is 0 Å². The van der Waals surface area contributed by atoms with Gasteiger partial charge in [-0.05, 0) is 19.9 Å². The lowest BCUT2D eigenvalue weighted by Crippen LogP contribution is -2.41. The summed E-state index contributed by atoms with van der Waals surface area (Å²) >= 11 is 0. The van der Waals surface area contributed by atoms with Gasteiger partial charge in [0.05, 0.1) is 18.6 Å². The maximum absolute atomic E-state index is 11.3. The Morgan fingerprint density at radius 3 is 3.00 bits per heavy atom. The zero-order chi connectivity index (χ0) is 10.4. The van der Waals surface area contributed by atoms with Crippen LogP contribution in [-0.2, 0) is 11.3 Å². The molecule has 1 rings (SSSR count). The zero-order valence-corrected chi connectivity index (χ0v) is 8.54. The smallest absolute Gasteiger partial charge is 0.236 e. The van der Waals surface area contributed by atoms with E-state index in [0.29, 0.717) is 13.1 Å². The van der Waals surface area contributed by atoms with Gasteiger partial charge in [-0.2, -0.15) is 0 Å². The van der Waals surface area contributed by atoms with Crippen molar-refractivity contribution in [3.8, 4) is 0 Å². The average molecular weight is 196 g/mol. The van der Waals surface area contributed by atoms with E-state index in [-0.39, 0.29) is 11.9 Å². The molecule has 14 heavy (non-hydrogen) atoms. The van der Waals surface area contributed by atoms with Crippen LogP contribution in [0.5, 0.6) is 0 Å². The van der Waals surface area contributed by atoms with Crippen molar-refractivity contribution in [2.24, 2.45) is 0 Å². The molecule has 4 heteroatoms. The average Bonchev–Trinajstić information content (AvgIpc) is 2.67. The minimum Gasteiger partial charge on any atom is -0.472 e. The van der Waals surface area contributed by atoms with Crippen LogP contribution in [0.4, 0.5) is 0 Å². The molecule has 0 aliphatic heterocycles. The minimum atomic E-state index is -0.176. The van der Waals surface area contributed by atoms with Gasteiger partial charge in [-0.1, -0.05) is 0 Å². The highest BCUT2D eigenvalue weighted by atomic mass is 16.3. The Balaban J connectivity index is 2.27. The van der Waals surface area contributed by atoms with Crippen LogP contribution in [0.3, 0.4) is 0 Å². The second kappa shape index (κ2) is 5.44. The van der Waals surface area contributed by atoms with Gasteiger partial charge in [0, 0.05) is 18.7 Å². The SMILES string of the molecule is CCNC(=O)C(C)NCc1ccoc1. The van der Waals surface area contributed by atoms with E-state index in [9.17, 15) is 4.79 Å². The van der Waals surface area contributed by atoms with Gasteiger partial charge in [-0.25, -0.2) is 0 Å². The van der Waals surface area contributed by atoms with Gasteiger partial charge in [0.2, 0.25) is 5.91 Å². The minimum absolute atomic E-state index is 0.0241. The number of carbonyl (C=O) groups excluding carboxylic acids is 1. The molecule has 2 N–H and O–H groups in total. The molecule has 0 spiro atoms. The first-order chi connectivity index (χ1) is 6.74. The van der Waals surface area contributed by atoms with Crippen LogP contribution in [0.1, 0.15) is 19.4 Å². The van der Waals surface area contributed by atoms with Crippen LogP contribution >= 0.6 is 0 Å². The van der Waals surface area contributed by atoms with E-state index < -0.39 is 0 Å². The first kappa shape index (κ1) is 10.8. The number of hydrogen-bond donors (Lipinski definition) is 2. The zero-order valence-electron chi connectivity index (χ0n) is 8.54. The third-order valence-corrected chi connectivity index (χ3v) is 1.94. The van der Waals surface area contributed by atoms with E-state index in [1.54, 1.807) is 12.5 Å². The predicted octanol–water partition coefficient (Wildman–Crippen LogP) is 0.894. The lowest BCUT2D eigenvalue weighted by molar-refractivity contribution is -0.122. The van der Waals surface area contributed by atoms with Crippen molar-refractivity contribution in [2.45, 2.75) is 26.4 Å². The van der Waals surface area contributed by atoms with Crippen LogP contribution in [0.2, 0.25) is 0 Å². The van der Waals surface area contributed by atoms with Gasteiger partial charge in [0.1, 0.15) is 0 Å². The summed E-state index contributed by atoms with van der Waals surface area (Å²) < 4.78 is 4.91. The molecule has 1 heterocycles. The van der Waals surface area contributed by atoms with Crippen molar-refractivity contribution in [3.63, 3.8) is 0 Å². The molecular weight excluding hydrogens is 180 g/mol. The molecule has 1 atom stereocenters. The van der Waals surface area contributed by atoms with Crippen molar-refractivity contribution in [1.82, 2.24) is 10.6 Å². The van der Waals surface area contributed by atoms with Crippen molar-refractivity contribution in [2.75, 3.05) is 6.54 Å². The summed E-state index contributed by atoms with van der Waals surface area (Å²) in [4.78, 5) is 11.3. The van der Waals surface area contributed by atoms with Crippen LogP contribution in [0.15, 0.2) is 23.0 Å². The molecule has 1 unspecified atom stereocenters. The molecule has 1 aromatic heterocycles. The van der Waals surface area contributed by atoms with Crippen LogP contribution in [0, 0.1) is 0 Å². The quantitative estimate of drug-likeness (QED) is 0.735. The van der Waals surface area contributed by atoms with Crippen molar-refractivity contribution in [3.05, 3.63) is 24.2 Å². The van der Waals surface area contributed by atoms with Crippen LogP contribution in [-0.4, -0.2) is 18.5 Å². The molecule has 0 radical (unpaired) electrons. The largest absolute Gasteiger partial charge is 0.472 e. The Labute approximate surface area is 83.7 Å². The van der Waals surface area contributed by atoms with Crippen LogP contribution in [0.25, 0.3) is 0 Å². The number of nitrogens with one attached hydrogen (secondary N) is 2. The van der Waals surface area contributed by atoms with E-state index in [1.807, 2.05) is 19.9 Å². The Bertz CT molecular complexity index is 270. The first-order valence-corrected chi connectivity index (χ1v) is 4.76. The highest BCUT2D eigenvalue weighted by molar-refractivity contribution is 5.81. The summed E-state index contributed by atoms with van der Waals surface area (Å²) in [5.41, 5.74) is 1.04. The summed E-state index contributed by atoms with van der Waals surface area (Å²) in [7, 11) is 0. The summed E-state index contributed by atoms with van der Waals surface area (Å²) in [6.45, 7) is 5.05.